The Bertz CT molecular complexity index is 1210. The molecule has 0 fully saturated rings. The summed E-state index contributed by atoms with van der Waals surface area (Å²) in [6, 6.07) is 10.9. The summed E-state index contributed by atoms with van der Waals surface area (Å²) in [7, 11) is 0. The number of aromatic nitrogens is 2. The van der Waals surface area contributed by atoms with Crippen LogP contribution < -0.4 is 5.32 Å². The topological polar surface area (TPSA) is 75.1 Å². The number of rotatable bonds is 4. The first kappa shape index (κ1) is 18.3. The zero-order valence-corrected chi connectivity index (χ0v) is 16.1. The van der Waals surface area contributed by atoms with Gasteiger partial charge in [0.05, 0.1) is 16.0 Å². The van der Waals surface area contributed by atoms with E-state index in [0.29, 0.717) is 11.5 Å². The van der Waals surface area contributed by atoms with Crippen LogP contribution in [0.5, 0.6) is 0 Å². The highest BCUT2D eigenvalue weighted by atomic mass is 35.5. The number of aryl methyl sites for hydroxylation is 1. The predicted molar refractivity (Wildman–Crippen MR) is 109 cm³/mol. The maximum atomic E-state index is 13.4. The first-order chi connectivity index (χ1) is 13.4. The van der Waals surface area contributed by atoms with E-state index in [1.165, 1.54) is 41.9 Å². The number of fused-ring (bicyclic) bond motifs is 1. The molecule has 0 radical (unpaired) electrons. The molecule has 0 bridgehead atoms. The van der Waals surface area contributed by atoms with Gasteiger partial charge in [-0.1, -0.05) is 23.7 Å². The van der Waals surface area contributed by atoms with Gasteiger partial charge in [0.25, 0.3) is 0 Å². The van der Waals surface area contributed by atoms with E-state index < -0.39 is 5.97 Å². The lowest BCUT2D eigenvalue weighted by Crippen LogP contribution is -2.00. The Morgan fingerprint density at radius 2 is 1.93 bits per heavy atom. The number of carbonyl (C=O) groups is 1. The molecule has 2 aromatic carbocycles. The Kier molecular flexibility index (Phi) is 4.70. The maximum absolute atomic E-state index is 13.4. The number of anilines is 2. The molecule has 0 aliphatic heterocycles. The number of halogens is 2. The number of aromatic carboxylic acids is 1. The van der Waals surface area contributed by atoms with Crippen molar-refractivity contribution in [1.82, 2.24) is 9.97 Å². The SMILES string of the molecule is Cc1sc2ncnc(Nc3ccc(Cl)c(C(=O)O)c3)c2c1-c1ccc(F)cc1. The highest BCUT2D eigenvalue weighted by molar-refractivity contribution is 7.19. The number of benzene rings is 2. The van der Waals surface area contributed by atoms with Crippen molar-refractivity contribution >= 4 is 50.6 Å². The fourth-order valence-electron chi connectivity index (χ4n) is 3.01. The van der Waals surface area contributed by atoms with Crippen LogP contribution >= 0.6 is 22.9 Å². The molecule has 0 unspecified atom stereocenters. The predicted octanol–water partition coefficient (Wildman–Crippen LogP) is 5.90. The molecule has 28 heavy (non-hydrogen) atoms. The largest absolute Gasteiger partial charge is 0.478 e. The molecule has 140 valence electrons. The van der Waals surface area contributed by atoms with Crippen molar-refractivity contribution in [2.75, 3.05) is 5.32 Å². The standard InChI is InChI=1S/C20H13ClFN3O2S/c1-10-16(11-2-4-12(22)5-3-11)17-18(23-9-24-19(17)28-10)25-13-6-7-15(21)14(8-13)20(26)27/h2-9H,1H3,(H,26,27)(H,23,24,25). The minimum absolute atomic E-state index is 0.00257. The molecule has 2 heterocycles. The molecule has 0 spiro atoms. The van der Waals surface area contributed by atoms with Crippen LogP contribution in [-0.4, -0.2) is 21.0 Å². The number of carboxylic acids is 1. The van der Waals surface area contributed by atoms with Crippen LogP contribution in [-0.2, 0) is 0 Å². The minimum atomic E-state index is -1.11. The molecule has 0 amide bonds. The van der Waals surface area contributed by atoms with Gasteiger partial charge in [-0.15, -0.1) is 11.3 Å². The highest BCUT2D eigenvalue weighted by Crippen LogP contribution is 2.41. The quantitative estimate of drug-likeness (QED) is 0.435. The number of hydrogen-bond donors (Lipinski definition) is 2. The molecule has 0 aliphatic rings. The third kappa shape index (κ3) is 3.30. The summed E-state index contributed by atoms with van der Waals surface area (Å²) < 4.78 is 13.4. The van der Waals surface area contributed by atoms with Crippen LogP contribution in [0.4, 0.5) is 15.9 Å². The second-order valence-electron chi connectivity index (χ2n) is 6.07. The lowest BCUT2D eigenvalue weighted by molar-refractivity contribution is 0.0697. The zero-order chi connectivity index (χ0) is 19.8. The van der Waals surface area contributed by atoms with Gasteiger partial charge >= 0.3 is 5.97 Å². The Labute approximate surface area is 168 Å². The summed E-state index contributed by atoms with van der Waals surface area (Å²) in [6.45, 7) is 1.97. The summed E-state index contributed by atoms with van der Waals surface area (Å²) in [4.78, 5) is 21.8. The summed E-state index contributed by atoms with van der Waals surface area (Å²) in [5.41, 5.74) is 2.30. The van der Waals surface area contributed by atoms with E-state index in [0.717, 1.165) is 26.2 Å². The third-order valence-corrected chi connectivity index (χ3v) is 5.60. The van der Waals surface area contributed by atoms with Gasteiger partial charge in [-0.3, -0.25) is 0 Å². The molecule has 4 rings (SSSR count). The van der Waals surface area contributed by atoms with Gasteiger partial charge in [0.1, 0.15) is 22.8 Å². The lowest BCUT2D eigenvalue weighted by Gasteiger charge is -2.10. The maximum Gasteiger partial charge on any atom is 0.337 e. The monoisotopic (exact) mass is 413 g/mol. The van der Waals surface area contributed by atoms with Crippen molar-refractivity contribution in [3.8, 4) is 11.1 Å². The number of thiophene rings is 1. The van der Waals surface area contributed by atoms with E-state index in [2.05, 4.69) is 15.3 Å². The van der Waals surface area contributed by atoms with E-state index in [1.807, 2.05) is 6.92 Å². The minimum Gasteiger partial charge on any atom is -0.478 e. The third-order valence-electron chi connectivity index (χ3n) is 4.26. The summed E-state index contributed by atoms with van der Waals surface area (Å²) in [5, 5.41) is 13.4. The van der Waals surface area contributed by atoms with Crippen molar-refractivity contribution in [3.63, 3.8) is 0 Å². The van der Waals surface area contributed by atoms with Crippen molar-refractivity contribution in [3.05, 3.63) is 70.1 Å². The van der Waals surface area contributed by atoms with E-state index in [9.17, 15) is 14.3 Å². The average Bonchev–Trinajstić information content (AvgIpc) is 3.00. The Balaban J connectivity index is 1.85. The first-order valence-electron chi connectivity index (χ1n) is 8.24. The Morgan fingerprint density at radius 1 is 1.18 bits per heavy atom. The molecule has 2 N–H and O–H groups in total. The van der Waals surface area contributed by atoms with Gasteiger partial charge in [-0.05, 0) is 42.8 Å². The van der Waals surface area contributed by atoms with Crippen molar-refractivity contribution in [1.29, 1.82) is 0 Å². The number of nitrogens with zero attached hydrogens (tertiary/aromatic N) is 2. The number of carboxylic acid groups (broad SMARTS) is 1. The molecule has 4 aromatic rings. The van der Waals surface area contributed by atoms with Crippen LogP contribution in [0.15, 0.2) is 48.8 Å². The molecule has 0 saturated heterocycles. The Hall–Kier alpha value is -3.03. The smallest absolute Gasteiger partial charge is 0.337 e. The summed E-state index contributed by atoms with van der Waals surface area (Å²) in [6.07, 6.45) is 1.45. The molecule has 5 nitrogen and oxygen atoms in total. The summed E-state index contributed by atoms with van der Waals surface area (Å²) >= 11 is 7.46. The van der Waals surface area contributed by atoms with Gasteiger partial charge in [0.15, 0.2) is 0 Å². The van der Waals surface area contributed by atoms with E-state index in [1.54, 1.807) is 18.2 Å². The van der Waals surface area contributed by atoms with Crippen LogP contribution in [0.2, 0.25) is 5.02 Å². The second kappa shape index (κ2) is 7.18. The molecule has 2 aromatic heterocycles. The van der Waals surface area contributed by atoms with E-state index in [4.69, 9.17) is 11.6 Å². The normalized spacial score (nSPS) is 11.0. The van der Waals surface area contributed by atoms with Gasteiger partial charge < -0.3 is 10.4 Å². The van der Waals surface area contributed by atoms with Gasteiger partial charge in [-0.2, -0.15) is 0 Å². The van der Waals surface area contributed by atoms with Crippen LogP contribution in [0.25, 0.3) is 21.3 Å². The first-order valence-corrected chi connectivity index (χ1v) is 9.43. The van der Waals surface area contributed by atoms with Crippen molar-refractivity contribution in [2.45, 2.75) is 6.92 Å². The lowest BCUT2D eigenvalue weighted by atomic mass is 10.0. The molecule has 0 saturated carbocycles. The van der Waals surface area contributed by atoms with Crippen LogP contribution in [0, 0.1) is 12.7 Å². The fourth-order valence-corrected chi connectivity index (χ4v) is 4.22. The average molecular weight is 414 g/mol. The number of nitrogens with one attached hydrogen (secondary N) is 1. The van der Waals surface area contributed by atoms with Gasteiger partial charge in [0, 0.05) is 16.1 Å². The fraction of sp³-hybridized carbons (Fsp3) is 0.0500. The highest BCUT2D eigenvalue weighted by Gasteiger charge is 2.18. The van der Waals surface area contributed by atoms with Gasteiger partial charge in [-0.25, -0.2) is 19.2 Å². The van der Waals surface area contributed by atoms with Crippen molar-refractivity contribution < 1.29 is 14.3 Å². The van der Waals surface area contributed by atoms with Crippen molar-refractivity contribution in [2.24, 2.45) is 0 Å². The zero-order valence-electron chi connectivity index (χ0n) is 14.5. The second-order valence-corrected chi connectivity index (χ2v) is 7.68. The number of hydrogen-bond acceptors (Lipinski definition) is 5. The molecular formula is C20H13ClFN3O2S. The van der Waals surface area contributed by atoms with Crippen LogP contribution in [0.3, 0.4) is 0 Å². The molecular weight excluding hydrogens is 401 g/mol. The van der Waals surface area contributed by atoms with Crippen LogP contribution in [0.1, 0.15) is 15.2 Å². The molecule has 0 aliphatic carbocycles. The van der Waals surface area contributed by atoms with E-state index >= 15 is 0 Å². The Morgan fingerprint density at radius 3 is 2.64 bits per heavy atom. The van der Waals surface area contributed by atoms with Gasteiger partial charge in [0.2, 0.25) is 0 Å². The molecule has 0 atom stereocenters. The molecule has 8 heteroatoms. The van der Waals surface area contributed by atoms with E-state index in [-0.39, 0.29) is 16.4 Å². The summed E-state index contributed by atoms with van der Waals surface area (Å²) in [5.74, 6) is -0.884.